The van der Waals surface area contributed by atoms with Crippen molar-refractivity contribution in [2.45, 2.75) is 12.8 Å². The first-order valence-corrected chi connectivity index (χ1v) is 2.21. The molecule has 2 heteroatoms. The van der Waals surface area contributed by atoms with E-state index in [1.807, 2.05) is 0 Å². The van der Waals surface area contributed by atoms with Crippen molar-refractivity contribution >= 4 is 11.6 Å². The SMILES string of the molecule is FC1=C(Cl)CC1. The molecule has 0 aliphatic heterocycles. The van der Waals surface area contributed by atoms with Crippen LogP contribution in [0.4, 0.5) is 4.39 Å². The van der Waals surface area contributed by atoms with Crippen LogP contribution >= 0.6 is 11.6 Å². The fourth-order valence-electron chi connectivity index (χ4n) is 0.314. The van der Waals surface area contributed by atoms with Gasteiger partial charge in [0.25, 0.3) is 0 Å². The van der Waals surface area contributed by atoms with Gasteiger partial charge in [0.1, 0.15) is 5.83 Å². The third-order valence-corrected chi connectivity index (χ3v) is 1.25. The lowest BCUT2D eigenvalue weighted by Gasteiger charge is -2.07. The molecule has 0 heterocycles. The van der Waals surface area contributed by atoms with E-state index < -0.39 is 0 Å². The van der Waals surface area contributed by atoms with Crippen molar-refractivity contribution in [2.75, 3.05) is 0 Å². The van der Waals surface area contributed by atoms with Crippen LogP contribution in [0.5, 0.6) is 0 Å². The van der Waals surface area contributed by atoms with Crippen LogP contribution in [0.2, 0.25) is 0 Å². The smallest absolute Gasteiger partial charge is 0.115 e. The Kier molecular flexibility index (Phi) is 0.845. The van der Waals surface area contributed by atoms with Gasteiger partial charge in [0.2, 0.25) is 0 Å². The van der Waals surface area contributed by atoms with Crippen LogP contribution in [0.1, 0.15) is 12.8 Å². The van der Waals surface area contributed by atoms with E-state index in [-0.39, 0.29) is 5.83 Å². The van der Waals surface area contributed by atoms with E-state index in [0.717, 1.165) is 6.42 Å². The minimum absolute atomic E-state index is 0.128. The second-order valence-electron chi connectivity index (χ2n) is 1.31. The Morgan fingerprint density at radius 2 is 2.00 bits per heavy atom. The van der Waals surface area contributed by atoms with Gasteiger partial charge in [0, 0.05) is 11.5 Å². The lowest BCUT2D eigenvalue weighted by molar-refractivity contribution is 0.539. The summed E-state index contributed by atoms with van der Waals surface area (Å²) in [6, 6.07) is 0. The van der Waals surface area contributed by atoms with Crippen LogP contribution in [0.25, 0.3) is 0 Å². The van der Waals surface area contributed by atoms with Crippen LogP contribution < -0.4 is 0 Å². The zero-order chi connectivity index (χ0) is 4.57. The van der Waals surface area contributed by atoms with Gasteiger partial charge in [-0.3, -0.25) is 0 Å². The van der Waals surface area contributed by atoms with Gasteiger partial charge in [0.05, 0.1) is 0 Å². The predicted octanol–water partition coefficient (Wildman–Crippen LogP) is 2.20. The molecular formula is C4H4ClF. The molecule has 0 N–H and O–H groups in total. The van der Waals surface area contributed by atoms with Crippen LogP contribution in [0.15, 0.2) is 10.9 Å². The van der Waals surface area contributed by atoms with E-state index in [1.54, 1.807) is 0 Å². The highest BCUT2D eigenvalue weighted by molar-refractivity contribution is 6.30. The summed E-state index contributed by atoms with van der Waals surface area (Å²) < 4.78 is 11.7. The topological polar surface area (TPSA) is 0 Å². The molecule has 0 aromatic heterocycles. The molecule has 0 aromatic carbocycles. The lowest BCUT2D eigenvalue weighted by atomic mass is 10.1. The first-order chi connectivity index (χ1) is 2.80. The summed E-state index contributed by atoms with van der Waals surface area (Å²) in [7, 11) is 0. The third-order valence-electron chi connectivity index (χ3n) is 0.858. The van der Waals surface area contributed by atoms with Gasteiger partial charge >= 0.3 is 0 Å². The first-order valence-electron chi connectivity index (χ1n) is 1.84. The molecule has 0 amide bonds. The summed E-state index contributed by atoms with van der Waals surface area (Å²) in [5, 5.41) is 0.412. The largest absolute Gasteiger partial charge is 0.211 e. The fraction of sp³-hybridized carbons (Fsp3) is 0.500. The molecule has 0 spiro atoms. The number of allylic oxidation sites excluding steroid dienone is 2. The van der Waals surface area contributed by atoms with Crippen LogP contribution in [0.3, 0.4) is 0 Å². The molecule has 0 radical (unpaired) electrons. The number of rotatable bonds is 0. The monoisotopic (exact) mass is 106 g/mol. The molecular weight excluding hydrogens is 102 g/mol. The minimum Gasteiger partial charge on any atom is -0.211 e. The average molecular weight is 107 g/mol. The van der Waals surface area contributed by atoms with Crippen molar-refractivity contribution in [2.24, 2.45) is 0 Å². The number of halogens is 2. The van der Waals surface area contributed by atoms with Crippen LogP contribution in [0, 0.1) is 0 Å². The maximum absolute atomic E-state index is 11.7. The maximum Gasteiger partial charge on any atom is 0.115 e. The van der Waals surface area contributed by atoms with E-state index >= 15 is 0 Å². The van der Waals surface area contributed by atoms with Gasteiger partial charge in [-0.1, -0.05) is 11.6 Å². The van der Waals surface area contributed by atoms with Gasteiger partial charge in [-0.05, 0) is 6.42 Å². The molecule has 34 valence electrons. The molecule has 0 saturated carbocycles. The van der Waals surface area contributed by atoms with Crippen molar-refractivity contribution < 1.29 is 4.39 Å². The second kappa shape index (κ2) is 1.23. The molecule has 0 aromatic rings. The summed E-state index contributed by atoms with van der Waals surface area (Å²) in [6.07, 6.45) is 1.30. The van der Waals surface area contributed by atoms with Gasteiger partial charge in [0.15, 0.2) is 0 Å². The van der Waals surface area contributed by atoms with Crippen molar-refractivity contribution in [3.63, 3.8) is 0 Å². The molecule has 0 unspecified atom stereocenters. The molecule has 6 heavy (non-hydrogen) atoms. The summed E-state index contributed by atoms with van der Waals surface area (Å²) in [4.78, 5) is 0. The van der Waals surface area contributed by atoms with E-state index in [4.69, 9.17) is 11.6 Å². The summed E-state index contributed by atoms with van der Waals surface area (Å²) in [5.74, 6) is -0.128. The standard InChI is InChI=1S/C4H4ClF/c5-3-1-2-4(3)6/h1-2H2. The van der Waals surface area contributed by atoms with Crippen molar-refractivity contribution in [1.29, 1.82) is 0 Å². The Bertz CT molecular complexity index is 83.7. The summed E-state index contributed by atoms with van der Waals surface area (Å²) in [6.45, 7) is 0. The normalized spacial score (nSPS) is 21.0. The van der Waals surface area contributed by atoms with Gasteiger partial charge in [-0.2, -0.15) is 0 Å². The van der Waals surface area contributed by atoms with Gasteiger partial charge in [-0.25, -0.2) is 4.39 Å². The van der Waals surface area contributed by atoms with Crippen molar-refractivity contribution in [3.8, 4) is 0 Å². The fourth-order valence-corrected chi connectivity index (χ4v) is 0.503. The molecule has 0 nitrogen and oxygen atoms in total. The van der Waals surface area contributed by atoms with Crippen molar-refractivity contribution in [3.05, 3.63) is 10.9 Å². The second-order valence-corrected chi connectivity index (χ2v) is 1.77. The molecule has 1 aliphatic carbocycles. The van der Waals surface area contributed by atoms with Gasteiger partial charge in [-0.15, -0.1) is 0 Å². The summed E-state index contributed by atoms with van der Waals surface area (Å²) in [5.41, 5.74) is 0. The molecule has 0 atom stereocenters. The van der Waals surface area contributed by atoms with E-state index in [2.05, 4.69) is 0 Å². The Labute approximate surface area is 40.6 Å². The lowest BCUT2D eigenvalue weighted by Crippen LogP contribution is -1.91. The molecule has 0 fully saturated rings. The Morgan fingerprint density at radius 3 is 2.00 bits per heavy atom. The van der Waals surface area contributed by atoms with E-state index in [1.165, 1.54) is 0 Å². The zero-order valence-electron chi connectivity index (χ0n) is 3.17. The molecule has 1 aliphatic rings. The van der Waals surface area contributed by atoms with E-state index in [0.29, 0.717) is 11.5 Å². The zero-order valence-corrected chi connectivity index (χ0v) is 3.93. The molecule has 0 saturated heterocycles. The third kappa shape index (κ3) is 0.432. The Balaban J connectivity index is 2.66. The number of hydrogen-bond donors (Lipinski definition) is 0. The molecule has 0 bridgehead atoms. The quantitative estimate of drug-likeness (QED) is 0.444. The van der Waals surface area contributed by atoms with Crippen molar-refractivity contribution in [1.82, 2.24) is 0 Å². The maximum atomic E-state index is 11.7. The molecule has 1 rings (SSSR count). The number of hydrogen-bond acceptors (Lipinski definition) is 0. The summed E-state index contributed by atoms with van der Waals surface area (Å²) >= 11 is 5.20. The first kappa shape index (κ1) is 4.13. The Morgan fingerprint density at radius 1 is 1.50 bits per heavy atom. The van der Waals surface area contributed by atoms with E-state index in [9.17, 15) is 4.39 Å². The highest BCUT2D eigenvalue weighted by Crippen LogP contribution is 2.30. The predicted molar refractivity (Wildman–Crippen MR) is 23.2 cm³/mol. The average Bonchev–Trinajstić information content (AvgIpc) is 1.61. The Hall–Kier alpha value is -0.0400. The van der Waals surface area contributed by atoms with Gasteiger partial charge < -0.3 is 0 Å². The van der Waals surface area contributed by atoms with Crippen LogP contribution in [-0.2, 0) is 0 Å². The highest BCUT2D eigenvalue weighted by atomic mass is 35.5. The van der Waals surface area contributed by atoms with Crippen LogP contribution in [-0.4, -0.2) is 0 Å². The highest BCUT2D eigenvalue weighted by Gasteiger charge is 2.12. The minimum atomic E-state index is -0.128.